The van der Waals surface area contributed by atoms with Gasteiger partial charge in [0.1, 0.15) is 0 Å². The van der Waals surface area contributed by atoms with Gasteiger partial charge in [-0.15, -0.1) is 11.3 Å². The van der Waals surface area contributed by atoms with Crippen molar-refractivity contribution < 1.29 is 4.79 Å². The van der Waals surface area contributed by atoms with Gasteiger partial charge in [0.05, 0.1) is 28.7 Å². The van der Waals surface area contributed by atoms with Gasteiger partial charge in [0.25, 0.3) is 5.91 Å². The second-order valence-electron chi connectivity index (χ2n) is 6.15. The normalized spacial score (nSPS) is 18.0. The highest BCUT2D eigenvalue weighted by molar-refractivity contribution is 7.13. The topological polar surface area (TPSA) is 66.8 Å². The predicted molar refractivity (Wildman–Crippen MR) is 92.8 cm³/mol. The number of aromatic nitrogens is 4. The molecule has 1 aliphatic rings. The van der Waals surface area contributed by atoms with Crippen molar-refractivity contribution in [3.8, 4) is 10.6 Å². The zero-order valence-electron chi connectivity index (χ0n) is 13.3. The van der Waals surface area contributed by atoms with E-state index in [1.54, 1.807) is 23.7 Å². The lowest BCUT2D eigenvalue weighted by Crippen LogP contribution is -2.41. The maximum Gasteiger partial charge on any atom is 0.257 e. The summed E-state index contributed by atoms with van der Waals surface area (Å²) in [4.78, 5) is 20.1. The Hall–Kier alpha value is -2.41. The van der Waals surface area contributed by atoms with Gasteiger partial charge in [-0.05, 0) is 30.2 Å². The van der Waals surface area contributed by atoms with E-state index < -0.39 is 0 Å². The third-order valence-corrected chi connectivity index (χ3v) is 5.36. The Balaban J connectivity index is 1.49. The minimum absolute atomic E-state index is 0.0717. The van der Waals surface area contributed by atoms with Crippen LogP contribution >= 0.6 is 11.3 Å². The molecule has 1 saturated heterocycles. The van der Waals surface area contributed by atoms with Crippen LogP contribution in [0.25, 0.3) is 10.6 Å². The molecule has 4 rings (SSSR count). The third-order valence-electron chi connectivity index (χ3n) is 4.47. The average molecular weight is 341 g/mol. The largest absolute Gasteiger partial charge is 0.338 e. The lowest BCUT2D eigenvalue weighted by atomic mass is 9.97. The van der Waals surface area contributed by atoms with Gasteiger partial charge in [-0.2, -0.15) is 5.10 Å². The van der Waals surface area contributed by atoms with Crippen molar-refractivity contribution >= 4 is 17.2 Å². The van der Waals surface area contributed by atoms with Crippen LogP contribution in [0.1, 0.15) is 23.2 Å². The summed E-state index contributed by atoms with van der Waals surface area (Å²) in [5.74, 6) is 0.538. The van der Waals surface area contributed by atoms with Crippen molar-refractivity contribution in [1.82, 2.24) is 24.6 Å². The molecule has 0 saturated carbocycles. The number of piperidine rings is 1. The smallest absolute Gasteiger partial charge is 0.257 e. The van der Waals surface area contributed by atoms with Crippen LogP contribution in [0.4, 0.5) is 0 Å². The minimum atomic E-state index is 0.0717. The summed E-state index contributed by atoms with van der Waals surface area (Å²) in [5.41, 5.74) is 1.49. The number of likely N-dealkylation sites (tertiary alicyclic amines) is 1. The fourth-order valence-corrected chi connectivity index (χ4v) is 4.05. The highest BCUT2D eigenvalue weighted by atomic mass is 32.1. The van der Waals surface area contributed by atoms with E-state index in [4.69, 9.17) is 0 Å². The number of nitrogens with one attached hydrogen (secondary N) is 1. The molecule has 0 spiro atoms. The lowest BCUT2D eigenvalue weighted by Gasteiger charge is -2.33. The molecule has 0 aromatic carbocycles. The van der Waals surface area contributed by atoms with E-state index >= 15 is 0 Å². The summed E-state index contributed by atoms with van der Waals surface area (Å²) in [6, 6.07) is 3.99. The quantitative estimate of drug-likeness (QED) is 0.793. The number of thiophene rings is 1. The van der Waals surface area contributed by atoms with Crippen molar-refractivity contribution in [1.29, 1.82) is 0 Å². The van der Waals surface area contributed by atoms with Gasteiger partial charge >= 0.3 is 0 Å². The summed E-state index contributed by atoms with van der Waals surface area (Å²) in [7, 11) is 0. The van der Waals surface area contributed by atoms with Crippen LogP contribution in [0.3, 0.4) is 0 Å². The summed E-state index contributed by atoms with van der Waals surface area (Å²) in [6.07, 6.45) is 9.45. The molecule has 3 aromatic heterocycles. The first-order valence-corrected chi connectivity index (χ1v) is 9.01. The van der Waals surface area contributed by atoms with E-state index in [2.05, 4.69) is 19.7 Å². The SMILES string of the molecule is O=C(c1cn[nH]c1-c1cccs1)N1CCC[C@@H](Cn2ccnc2)C1. The predicted octanol–water partition coefficient (Wildman–Crippen LogP) is 2.89. The van der Waals surface area contributed by atoms with Gasteiger partial charge in [-0.1, -0.05) is 6.07 Å². The Morgan fingerprint density at radius 2 is 2.42 bits per heavy atom. The van der Waals surface area contributed by atoms with E-state index in [0.717, 1.165) is 43.0 Å². The molecule has 24 heavy (non-hydrogen) atoms. The van der Waals surface area contributed by atoms with E-state index in [9.17, 15) is 4.79 Å². The number of hydrogen-bond donors (Lipinski definition) is 1. The van der Waals surface area contributed by atoms with Crippen LogP contribution < -0.4 is 0 Å². The van der Waals surface area contributed by atoms with Gasteiger partial charge in [0.15, 0.2) is 0 Å². The molecule has 0 aliphatic carbocycles. The van der Waals surface area contributed by atoms with Gasteiger partial charge in [-0.25, -0.2) is 4.98 Å². The first kappa shape index (κ1) is 15.1. The fourth-order valence-electron chi connectivity index (χ4n) is 3.32. The summed E-state index contributed by atoms with van der Waals surface area (Å²) in [5, 5.41) is 9.08. The number of H-pyrrole nitrogens is 1. The molecule has 1 atom stereocenters. The number of aromatic amines is 1. The van der Waals surface area contributed by atoms with Gasteiger partial charge in [-0.3, -0.25) is 9.89 Å². The Morgan fingerprint density at radius 1 is 1.46 bits per heavy atom. The van der Waals surface area contributed by atoms with Crippen molar-refractivity contribution in [3.05, 3.63) is 48.0 Å². The molecule has 0 unspecified atom stereocenters. The Labute approximate surface area is 144 Å². The third kappa shape index (κ3) is 2.99. The molecule has 7 heteroatoms. The Morgan fingerprint density at radius 3 is 3.21 bits per heavy atom. The van der Waals surface area contributed by atoms with Gasteiger partial charge in [0.2, 0.25) is 0 Å². The number of imidazole rings is 1. The first-order chi connectivity index (χ1) is 11.8. The summed E-state index contributed by atoms with van der Waals surface area (Å²) < 4.78 is 2.09. The summed E-state index contributed by atoms with van der Waals surface area (Å²) in [6.45, 7) is 2.51. The van der Waals surface area contributed by atoms with Crippen LogP contribution in [-0.4, -0.2) is 43.6 Å². The monoisotopic (exact) mass is 341 g/mol. The molecule has 0 bridgehead atoms. The minimum Gasteiger partial charge on any atom is -0.338 e. The van der Waals surface area contributed by atoms with Crippen LogP contribution in [0.15, 0.2) is 42.4 Å². The Kier molecular flexibility index (Phi) is 4.17. The lowest BCUT2D eigenvalue weighted by molar-refractivity contribution is 0.0663. The number of carbonyl (C=O) groups excluding carboxylic acids is 1. The van der Waals surface area contributed by atoms with Gasteiger partial charge < -0.3 is 9.47 Å². The molecule has 1 amide bonds. The molecule has 4 heterocycles. The average Bonchev–Trinajstić information content (AvgIpc) is 3.35. The second kappa shape index (κ2) is 6.60. The van der Waals surface area contributed by atoms with Crippen LogP contribution in [0.5, 0.6) is 0 Å². The number of hydrogen-bond acceptors (Lipinski definition) is 4. The highest BCUT2D eigenvalue weighted by Gasteiger charge is 2.27. The van der Waals surface area contributed by atoms with Crippen LogP contribution in [-0.2, 0) is 6.54 Å². The second-order valence-corrected chi connectivity index (χ2v) is 7.10. The van der Waals surface area contributed by atoms with E-state index in [1.807, 2.05) is 34.9 Å². The number of rotatable bonds is 4. The zero-order chi connectivity index (χ0) is 16.4. The first-order valence-electron chi connectivity index (χ1n) is 8.13. The van der Waals surface area contributed by atoms with E-state index in [1.165, 1.54) is 0 Å². The molecule has 0 radical (unpaired) electrons. The van der Waals surface area contributed by atoms with E-state index in [-0.39, 0.29) is 5.91 Å². The van der Waals surface area contributed by atoms with Crippen LogP contribution in [0, 0.1) is 5.92 Å². The van der Waals surface area contributed by atoms with Crippen molar-refractivity contribution in [2.45, 2.75) is 19.4 Å². The number of nitrogens with zero attached hydrogens (tertiary/aromatic N) is 4. The standard InChI is InChI=1S/C17H19N5OS/c23-17(14-9-19-20-16(14)15-4-2-8-24-15)22-6-1-3-13(11-22)10-21-7-5-18-12-21/h2,4-5,7-9,12-13H,1,3,6,10-11H2,(H,19,20)/t13-/m0/s1. The molecule has 1 N–H and O–H groups in total. The zero-order valence-corrected chi connectivity index (χ0v) is 14.1. The maximum absolute atomic E-state index is 13.0. The summed E-state index contributed by atoms with van der Waals surface area (Å²) >= 11 is 1.61. The number of carbonyl (C=O) groups is 1. The van der Waals surface area contributed by atoms with E-state index in [0.29, 0.717) is 11.5 Å². The molecule has 3 aromatic rings. The molecular weight excluding hydrogens is 322 g/mol. The Bertz CT molecular complexity index is 793. The van der Waals surface area contributed by atoms with Crippen molar-refractivity contribution in [2.24, 2.45) is 5.92 Å². The van der Waals surface area contributed by atoms with Gasteiger partial charge in [0, 0.05) is 32.0 Å². The molecule has 1 aliphatic heterocycles. The molecule has 1 fully saturated rings. The fraction of sp³-hybridized carbons (Fsp3) is 0.353. The molecular formula is C17H19N5OS. The molecule has 6 nitrogen and oxygen atoms in total. The van der Waals surface area contributed by atoms with Crippen LogP contribution in [0.2, 0.25) is 0 Å². The van der Waals surface area contributed by atoms with Crippen molar-refractivity contribution in [2.75, 3.05) is 13.1 Å². The molecule has 124 valence electrons. The van der Waals surface area contributed by atoms with Crippen molar-refractivity contribution in [3.63, 3.8) is 0 Å². The highest BCUT2D eigenvalue weighted by Crippen LogP contribution is 2.28. The maximum atomic E-state index is 13.0. The number of amides is 1.